The van der Waals surface area contributed by atoms with Crippen molar-refractivity contribution in [1.82, 2.24) is 0 Å². The zero-order valence-electron chi connectivity index (χ0n) is 10.6. The van der Waals surface area contributed by atoms with Crippen LogP contribution in [0.2, 0.25) is 0 Å². The van der Waals surface area contributed by atoms with E-state index in [-0.39, 0.29) is 0 Å². The standard InChI is InChI=1S/C14H21S2/c1-11(2)15-9-13-6-5-7-14(8-13)10-16-12(3)4/h5-7,11-12H,9-10H2,1-4H3. The van der Waals surface area contributed by atoms with Crippen LogP contribution in [0, 0.1) is 6.07 Å². The summed E-state index contributed by atoms with van der Waals surface area (Å²) in [5, 5.41) is 1.39. The third-order valence-electron chi connectivity index (χ3n) is 2.06. The minimum Gasteiger partial charge on any atom is -0.154 e. The highest BCUT2D eigenvalue weighted by atomic mass is 32.2. The fourth-order valence-corrected chi connectivity index (χ4v) is 2.61. The van der Waals surface area contributed by atoms with Crippen molar-refractivity contribution in [3.63, 3.8) is 0 Å². The Morgan fingerprint density at radius 1 is 0.938 bits per heavy atom. The third kappa shape index (κ3) is 5.86. The van der Waals surface area contributed by atoms with Crippen molar-refractivity contribution in [1.29, 1.82) is 0 Å². The van der Waals surface area contributed by atoms with Gasteiger partial charge in [-0.05, 0) is 27.7 Å². The summed E-state index contributed by atoms with van der Waals surface area (Å²) in [6.45, 7) is 8.96. The normalized spacial score (nSPS) is 11.4. The van der Waals surface area contributed by atoms with Crippen molar-refractivity contribution in [2.45, 2.75) is 49.7 Å². The molecule has 0 atom stereocenters. The van der Waals surface area contributed by atoms with Crippen LogP contribution in [0.4, 0.5) is 0 Å². The Morgan fingerprint density at radius 2 is 1.38 bits per heavy atom. The van der Waals surface area contributed by atoms with E-state index in [1.54, 1.807) is 0 Å². The fraction of sp³-hybridized carbons (Fsp3) is 0.571. The summed E-state index contributed by atoms with van der Waals surface area (Å²) in [5.41, 5.74) is 2.67. The summed E-state index contributed by atoms with van der Waals surface area (Å²) in [6, 6.07) is 10.0. The highest BCUT2D eigenvalue weighted by Gasteiger charge is 2.01. The van der Waals surface area contributed by atoms with Crippen molar-refractivity contribution < 1.29 is 0 Å². The molecule has 0 fully saturated rings. The van der Waals surface area contributed by atoms with E-state index in [9.17, 15) is 0 Å². The van der Waals surface area contributed by atoms with Crippen molar-refractivity contribution in [2.24, 2.45) is 0 Å². The average Bonchev–Trinajstić information content (AvgIpc) is 2.24. The Balaban J connectivity index is 2.50. The molecule has 0 heterocycles. The van der Waals surface area contributed by atoms with Gasteiger partial charge in [-0.3, -0.25) is 0 Å². The summed E-state index contributed by atoms with van der Waals surface area (Å²) in [6.07, 6.45) is 0. The molecule has 2 heteroatoms. The van der Waals surface area contributed by atoms with Crippen molar-refractivity contribution in [3.05, 3.63) is 35.4 Å². The monoisotopic (exact) mass is 253 g/mol. The first-order valence-corrected chi connectivity index (χ1v) is 7.91. The van der Waals surface area contributed by atoms with Crippen LogP contribution in [0.25, 0.3) is 0 Å². The number of hydrogen-bond donors (Lipinski definition) is 0. The van der Waals surface area contributed by atoms with Gasteiger partial charge in [-0.25, -0.2) is 0 Å². The topological polar surface area (TPSA) is 0 Å². The molecule has 0 unspecified atom stereocenters. The van der Waals surface area contributed by atoms with Crippen LogP contribution in [0.5, 0.6) is 0 Å². The predicted octanol–water partition coefficient (Wildman–Crippen LogP) is 4.77. The van der Waals surface area contributed by atoms with Crippen LogP contribution in [-0.4, -0.2) is 10.5 Å². The predicted molar refractivity (Wildman–Crippen MR) is 78.1 cm³/mol. The summed E-state index contributed by atoms with van der Waals surface area (Å²) in [4.78, 5) is 0. The summed E-state index contributed by atoms with van der Waals surface area (Å²) in [5.74, 6) is 2.16. The van der Waals surface area contributed by atoms with Gasteiger partial charge in [0.1, 0.15) is 0 Å². The second-order valence-electron chi connectivity index (χ2n) is 4.42. The van der Waals surface area contributed by atoms with Crippen LogP contribution in [0.1, 0.15) is 38.8 Å². The van der Waals surface area contributed by atoms with Gasteiger partial charge >= 0.3 is 0 Å². The average molecular weight is 253 g/mol. The molecule has 0 aliphatic heterocycles. The molecule has 0 nitrogen and oxygen atoms in total. The van der Waals surface area contributed by atoms with Crippen LogP contribution in [0.3, 0.4) is 0 Å². The molecule has 0 aromatic heterocycles. The second kappa shape index (κ2) is 7.29. The van der Waals surface area contributed by atoms with E-state index in [1.807, 2.05) is 23.5 Å². The van der Waals surface area contributed by atoms with Gasteiger partial charge in [0.05, 0.1) is 0 Å². The lowest BCUT2D eigenvalue weighted by atomic mass is 10.2. The molecule has 1 aromatic rings. The highest BCUT2D eigenvalue weighted by Crippen LogP contribution is 2.20. The lowest BCUT2D eigenvalue weighted by molar-refractivity contribution is 1.10. The molecule has 1 radical (unpaired) electrons. The number of benzene rings is 1. The van der Waals surface area contributed by atoms with Crippen LogP contribution in [-0.2, 0) is 11.5 Å². The molecule has 0 spiro atoms. The maximum Gasteiger partial charge on any atom is 0.0193 e. The molecule has 89 valence electrons. The van der Waals surface area contributed by atoms with Gasteiger partial charge < -0.3 is 0 Å². The zero-order chi connectivity index (χ0) is 12.0. The van der Waals surface area contributed by atoms with Gasteiger partial charge in [-0.15, -0.1) is 0 Å². The van der Waals surface area contributed by atoms with Gasteiger partial charge in [0.25, 0.3) is 0 Å². The van der Waals surface area contributed by atoms with Gasteiger partial charge in [0, 0.05) is 11.5 Å². The van der Waals surface area contributed by atoms with Gasteiger partial charge in [-0.2, -0.15) is 23.5 Å². The van der Waals surface area contributed by atoms with E-state index in [0.29, 0.717) is 10.5 Å². The lowest BCUT2D eigenvalue weighted by Gasteiger charge is -2.08. The Morgan fingerprint density at radius 3 is 1.75 bits per heavy atom. The van der Waals surface area contributed by atoms with E-state index in [1.165, 1.54) is 11.1 Å². The molecule has 0 aliphatic carbocycles. The zero-order valence-corrected chi connectivity index (χ0v) is 12.3. The summed E-state index contributed by atoms with van der Waals surface area (Å²) in [7, 11) is 0. The molecule has 1 aromatic carbocycles. The molecule has 0 aliphatic rings. The molecular formula is C14H21S2. The third-order valence-corrected chi connectivity index (χ3v) is 4.35. The molecule has 0 saturated carbocycles. The quantitative estimate of drug-likeness (QED) is 0.716. The summed E-state index contributed by atoms with van der Waals surface area (Å²) < 4.78 is 0. The SMILES string of the molecule is CC(C)SCc1[c]c(CSC(C)C)ccc1. The molecule has 0 saturated heterocycles. The minimum atomic E-state index is 0.696. The van der Waals surface area contributed by atoms with Gasteiger partial charge in [0.15, 0.2) is 0 Å². The number of thioether (sulfide) groups is 2. The maximum absolute atomic E-state index is 3.51. The van der Waals surface area contributed by atoms with Crippen molar-refractivity contribution in [3.8, 4) is 0 Å². The smallest absolute Gasteiger partial charge is 0.0193 e. The first kappa shape index (κ1) is 14.0. The molecular weight excluding hydrogens is 232 g/mol. The number of hydrogen-bond acceptors (Lipinski definition) is 2. The molecule has 0 amide bonds. The van der Waals surface area contributed by atoms with Crippen LogP contribution >= 0.6 is 23.5 Å². The van der Waals surface area contributed by atoms with E-state index in [0.717, 1.165) is 11.5 Å². The molecule has 16 heavy (non-hydrogen) atoms. The Labute approximate surface area is 109 Å². The van der Waals surface area contributed by atoms with Gasteiger partial charge in [0.2, 0.25) is 0 Å². The van der Waals surface area contributed by atoms with E-state index in [2.05, 4.69) is 52.0 Å². The molecule has 1 rings (SSSR count). The van der Waals surface area contributed by atoms with E-state index in [4.69, 9.17) is 0 Å². The fourth-order valence-electron chi connectivity index (χ4n) is 1.25. The van der Waals surface area contributed by atoms with Crippen molar-refractivity contribution in [2.75, 3.05) is 0 Å². The summed E-state index contributed by atoms with van der Waals surface area (Å²) >= 11 is 3.96. The lowest BCUT2D eigenvalue weighted by Crippen LogP contribution is -1.92. The van der Waals surface area contributed by atoms with Gasteiger partial charge in [-0.1, -0.05) is 45.9 Å². The largest absolute Gasteiger partial charge is 0.154 e. The Bertz CT molecular complexity index is 278. The molecule has 0 N–H and O–H groups in total. The number of rotatable bonds is 6. The molecule has 0 bridgehead atoms. The maximum atomic E-state index is 3.51. The van der Waals surface area contributed by atoms with Crippen LogP contribution in [0.15, 0.2) is 18.2 Å². The first-order valence-electron chi connectivity index (χ1n) is 5.81. The van der Waals surface area contributed by atoms with Crippen molar-refractivity contribution >= 4 is 23.5 Å². The Hall–Kier alpha value is -0.0800. The highest BCUT2D eigenvalue weighted by molar-refractivity contribution is 7.99. The first-order chi connectivity index (χ1) is 7.58. The van der Waals surface area contributed by atoms with E-state index < -0.39 is 0 Å². The minimum absolute atomic E-state index is 0.696. The van der Waals surface area contributed by atoms with E-state index >= 15 is 0 Å². The van der Waals surface area contributed by atoms with Crippen LogP contribution < -0.4 is 0 Å². The second-order valence-corrected chi connectivity index (χ2v) is 7.55. The Kier molecular flexibility index (Phi) is 6.37.